The van der Waals surface area contributed by atoms with Crippen LogP contribution in [0.5, 0.6) is 5.75 Å². The van der Waals surface area contributed by atoms with E-state index in [1.165, 1.54) is 6.33 Å². The number of anilines is 2. The Bertz CT molecular complexity index is 1100. The van der Waals surface area contributed by atoms with Gasteiger partial charge in [0, 0.05) is 43.5 Å². The number of nitrogens with zero attached hydrogens (tertiary/aromatic N) is 5. The number of nitrogens with two attached hydrogens (primary N) is 1. The minimum atomic E-state index is -0.0905. The molecule has 9 nitrogen and oxygen atoms in total. The van der Waals surface area contributed by atoms with Gasteiger partial charge in [-0.05, 0) is 38.0 Å². The van der Waals surface area contributed by atoms with E-state index in [1.807, 2.05) is 18.2 Å². The summed E-state index contributed by atoms with van der Waals surface area (Å²) in [4.78, 5) is 17.5. The molecule has 3 heterocycles. The second kappa shape index (κ2) is 8.23. The van der Waals surface area contributed by atoms with Crippen molar-refractivity contribution >= 4 is 17.2 Å². The molecule has 2 aliphatic rings. The Morgan fingerprint density at radius 1 is 1.16 bits per heavy atom. The van der Waals surface area contributed by atoms with Crippen LogP contribution in [0, 0.1) is 5.41 Å². The topological polar surface area (TPSA) is 117 Å². The quantitative estimate of drug-likeness (QED) is 0.431. The number of ether oxygens (including phenoxy) is 1. The highest BCUT2D eigenvalue weighted by Crippen LogP contribution is 2.40. The van der Waals surface area contributed by atoms with Crippen molar-refractivity contribution in [3.63, 3.8) is 0 Å². The number of nitrogen functional groups attached to an aromatic ring is 1. The van der Waals surface area contributed by atoms with Gasteiger partial charge in [0.2, 0.25) is 5.89 Å². The van der Waals surface area contributed by atoms with Crippen LogP contribution in [0.1, 0.15) is 36.9 Å². The van der Waals surface area contributed by atoms with E-state index in [4.69, 9.17) is 20.3 Å². The number of benzene rings is 1. The molecule has 1 aliphatic heterocycles. The van der Waals surface area contributed by atoms with Crippen LogP contribution in [0.4, 0.5) is 11.5 Å². The lowest BCUT2D eigenvalue weighted by Crippen LogP contribution is -2.46. The first-order valence-corrected chi connectivity index (χ1v) is 10.8. The average molecular weight is 434 g/mol. The highest BCUT2D eigenvalue weighted by atomic mass is 16.5. The SMILES string of the molecule is CC1(Oc2ccc(N)c(C(=N)c3cc(N4CCN(Cc5ncco5)CC4)ncn3)c2)CC1. The molecule has 1 saturated carbocycles. The Kier molecular flexibility index (Phi) is 5.26. The van der Waals surface area contributed by atoms with Crippen molar-refractivity contribution in [3.05, 3.63) is 60.2 Å². The van der Waals surface area contributed by atoms with E-state index in [0.29, 0.717) is 23.5 Å². The monoisotopic (exact) mass is 433 g/mol. The van der Waals surface area contributed by atoms with Gasteiger partial charge in [0.05, 0.1) is 24.1 Å². The maximum atomic E-state index is 8.74. The largest absolute Gasteiger partial charge is 0.488 e. The fourth-order valence-corrected chi connectivity index (χ4v) is 3.83. The average Bonchev–Trinajstić information content (AvgIpc) is 3.30. The zero-order valence-electron chi connectivity index (χ0n) is 18.1. The van der Waals surface area contributed by atoms with Gasteiger partial charge in [0.1, 0.15) is 29.8 Å². The van der Waals surface area contributed by atoms with E-state index < -0.39 is 0 Å². The van der Waals surface area contributed by atoms with Crippen molar-refractivity contribution in [2.24, 2.45) is 0 Å². The minimum absolute atomic E-state index is 0.0905. The van der Waals surface area contributed by atoms with Crippen molar-refractivity contribution in [3.8, 4) is 5.75 Å². The van der Waals surface area contributed by atoms with Gasteiger partial charge in [0.25, 0.3) is 0 Å². The van der Waals surface area contributed by atoms with Gasteiger partial charge >= 0.3 is 0 Å². The molecule has 2 aromatic heterocycles. The number of piperazine rings is 1. The molecule has 0 spiro atoms. The van der Waals surface area contributed by atoms with Crippen LogP contribution in [0.15, 0.2) is 47.5 Å². The fourth-order valence-electron chi connectivity index (χ4n) is 3.83. The normalized spacial score (nSPS) is 17.8. The molecule has 9 heteroatoms. The summed E-state index contributed by atoms with van der Waals surface area (Å²) >= 11 is 0. The molecule has 0 amide bonds. The first-order chi connectivity index (χ1) is 15.5. The summed E-state index contributed by atoms with van der Waals surface area (Å²) in [5, 5.41) is 8.74. The van der Waals surface area contributed by atoms with Gasteiger partial charge in [-0.1, -0.05) is 0 Å². The Hall–Kier alpha value is -3.46. The second-order valence-electron chi connectivity index (χ2n) is 8.63. The molecule has 0 bridgehead atoms. The second-order valence-corrected chi connectivity index (χ2v) is 8.63. The first-order valence-electron chi connectivity index (χ1n) is 10.8. The van der Waals surface area contributed by atoms with Gasteiger partial charge in [-0.3, -0.25) is 10.3 Å². The van der Waals surface area contributed by atoms with E-state index in [9.17, 15) is 0 Å². The molecule has 0 unspecified atom stereocenters. The van der Waals surface area contributed by atoms with Crippen LogP contribution in [0.25, 0.3) is 0 Å². The zero-order chi connectivity index (χ0) is 22.1. The standard InChI is InChI=1S/C23H27N7O2/c1-23(4-5-23)32-16-2-3-18(24)17(12-16)22(25)19-13-20(28-15-27-19)30-9-7-29(8-10-30)14-21-26-6-11-31-21/h2-3,6,11-13,15,25H,4-5,7-10,14,24H2,1H3. The first kappa shape index (κ1) is 20.4. The molecule has 0 radical (unpaired) electrons. The van der Waals surface area contributed by atoms with Crippen LogP contribution in [0.3, 0.4) is 0 Å². The summed E-state index contributed by atoms with van der Waals surface area (Å²) in [6, 6.07) is 7.35. The van der Waals surface area contributed by atoms with Crippen molar-refractivity contribution in [1.29, 1.82) is 5.41 Å². The lowest BCUT2D eigenvalue weighted by molar-refractivity contribution is 0.200. The molecule has 3 aromatic rings. The van der Waals surface area contributed by atoms with E-state index in [2.05, 4.69) is 31.7 Å². The molecule has 0 atom stereocenters. The molecule has 166 valence electrons. The number of aromatic nitrogens is 3. The van der Waals surface area contributed by atoms with Crippen molar-refractivity contribution < 1.29 is 9.15 Å². The number of rotatable bonds is 7. The summed E-state index contributed by atoms with van der Waals surface area (Å²) in [6.45, 7) is 6.21. The predicted octanol–water partition coefficient (Wildman–Crippen LogP) is 2.72. The molecule has 2 fully saturated rings. The zero-order valence-corrected chi connectivity index (χ0v) is 18.1. The fraction of sp³-hybridized carbons (Fsp3) is 0.391. The molecule has 32 heavy (non-hydrogen) atoms. The maximum absolute atomic E-state index is 8.74. The smallest absolute Gasteiger partial charge is 0.208 e. The Morgan fingerprint density at radius 3 is 2.69 bits per heavy atom. The van der Waals surface area contributed by atoms with E-state index in [-0.39, 0.29) is 11.3 Å². The number of nitrogens with one attached hydrogen (secondary N) is 1. The Labute approximate surface area is 186 Å². The third kappa shape index (κ3) is 4.43. The molecular weight excluding hydrogens is 406 g/mol. The molecule has 1 aromatic carbocycles. The maximum Gasteiger partial charge on any atom is 0.208 e. The lowest BCUT2D eigenvalue weighted by Gasteiger charge is -2.34. The van der Waals surface area contributed by atoms with Crippen LogP contribution >= 0.6 is 0 Å². The summed E-state index contributed by atoms with van der Waals surface area (Å²) < 4.78 is 11.4. The van der Waals surface area contributed by atoms with Crippen LogP contribution < -0.4 is 15.4 Å². The number of hydrogen-bond donors (Lipinski definition) is 2. The Morgan fingerprint density at radius 2 is 1.97 bits per heavy atom. The summed E-state index contributed by atoms with van der Waals surface area (Å²) in [7, 11) is 0. The third-order valence-corrected chi connectivity index (χ3v) is 6.06. The third-order valence-electron chi connectivity index (χ3n) is 6.06. The molecule has 3 N–H and O–H groups in total. The van der Waals surface area contributed by atoms with Gasteiger partial charge in [-0.15, -0.1) is 0 Å². The highest BCUT2D eigenvalue weighted by Gasteiger charge is 2.40. The van der Waals surface area contributed by atoms with Crippen LogP contribution in [-0.4, -0.2) is 57.3 Å². The molecule has 5 rings (SSSR count). The van der Waals surface area contributed by atoms with Crippen LogP contribution in [0.2, 0.25) is 0 Å². The van der Waals surface area contributed by atoms with Gasteiger partial charge in [-0.2, -0.15) is 0 Å². The van der Waals surface area contributed by atoms with E-state index >= 15 is 0 Å². The number of hydrogen-bond acceptors (Lipinski definition) is 9. The summed E-state index contributed by atoms with van der Waals surface area (Å²) in [5.41, 5.74) is 8.05. The predicted molar refractivity (Wildman–Crippen MR) is 121 cm³/mol. The molecule has 1 aliphatic carbocycles. The minimum Gasteiger partial charge on any atom is -0.488 e. The number of oxazole rings is 1. The molecular formula is C23H27N7O2. The van der Waals surface area contributed by atoms with Gasteiger partial charge in [-0.25, -0.2) is 15.0 Å². The van der Waals surface area contributed by atoms with Crippen LogP contribution in [-0.2, 0) is 6.54 Å². The lowest BCUT2D eigenvalue weighted by atomic mass is 10.0. The Balaban J connectivity index is 1.28. The van der Waals surface area contributed by atoms with Crippen molar-refractivity contribution in [2.75, 3.05) is 36.8 Å². The van der Waals surface area contributed by atoms with E-state index in [0.717, 1.165) is 56.5 Å². The highest BCUT2D eigenvalue weighted by molar-refractivity contribution is 6.13. The van der Waals surface area contributed by atoms with Crippen molar-refractivity contribution in [1.82, 2.24) is 19.9 Å². The van der Waals surface area contributed by atoms with Gasteiger partial charge in [0.15, 0.2) is 0 Å². The van der Waals surface area contributed by atoms with Crippen molar-refractivity contribution in [2.45, 2.75) is 31.9 Å². The summed E-state index contributed by atoms with van der Waals surface area (Å²) in [5.74, 6) is 2.28. The van der Waals surface area contributed by atoms with Gasteiger partial charge < -0.3 is 19.8 Å². The summed E-state index contributed by atoms with van der Waals surface area (Å²) in [6.07, 6.45) is 6.88. The van der Waals surface area contributed by atoms with E-state index in [1.54, 1.807) is 18.5 Å². The molecule has 1 saturated heterocycles.